The van der Waals surface area contributed by atoms with E-state index < -0.39 is 0 Å². The second kappa shape index (κ2) is 10.4. The van der Waals surface area contributed by atoms with Gasteiger partial charge in [0.15, 0.2) is 5.65 Å². The number of ether oxygens (including phenoxy) is 2. The first-order valence-corrected chi connectivity index (χ1v) is 12.7. The molecular formula is C27H34N6O3. The first-order valence-electron chi connectivity index (χ1n) is 12.7. The molecule has 3 aromatic rings. The van der Waals surface area contributed by atoms with Crippen molar-refractivity contribution in [2.75, 3.05) is 49.3 Å². The number of morpholine rings is 2. The van der Waals surface area contributed by atoms with Crippen molar-refractivity contribution < 1.29 is 14.3 Å². The lowest BCUT2D eigenvalue weighted by atomic mass is 10.1. The fraction of sp³-hybridized carbons (Fsp3) is 0.481. The van der Waals surface area contributed by atoms with E-state index in [1.807, 2.05) is 50.2 Å². The normalized spacial score (nSPS) is 20.7. The van der Waals surface area contributed by atoms with Crippen molar-refractivity contribution in [3.05, 3.63) is 42.0 Å². The second-order valence-corrected chi connectivity index (χ2v) is 9.86. The summed E-state index contributed by atoms with van der Waals surface area (Å²) in [5, 5.41) is 3.86. The number of carbonyl (C=O) groups excluding carboxylic acids is 1. The van der Waals surface area contributed by atoms with Crippen LogP contribution in [0.15, 0.2) is 36.4 Å². The van der Waals surface area contributed by atoms with Crippen LogP contribution >= 0.6 is 0 Å². The zero-order valence-electron chi connectivity index (χ0n) is 21.4. The van der Waals surface area contributed by atoms with Gasteiger partial charge in [0.05, 0.1) is 49.6 Å². The van der Waals surface area contributed by atoms with Crippen LogP contribution in [0, 0.1) is 0 Å². The molecule has 2 atom stereocenters. The van der Waals surface area contributed by atoms with E-state index in [1.165, 1.54) is 0 Å². The predicted molar refractivity (Wildman–Crippen MR) is 141 cm³/mol. The van der Waals surface area contributed by atoms with E-state index in [2.05, 4.69) is 29.0 Å². The summed E-state index contributed by atoms with van der Waals surface area (Å²) < 4.78 is 11.3. The van der Waals surface area contributed by atoms with Crippen molar-refractivity contribution in [1.82, 2.24) is 20.3 Å². The molecule has 2 aliphatic heterocycles. The summed E-state index contributed by atoms with van der Waals surface area (Å²) in [5.41, 5.74) is 2.88. The molecule has 0 saturated carbocycles. The van der Waals surface area contributed by atoms with Gasteiger partial charge in [0.2, 0.25) is 5.95 Å². The zero-order valence-corrected chi connectivity index (χ0v) is 21.4. The summed E-state index contributed by atoms with van der Waals surface area (Å²) in [5.74, 6) is 1.46. The summed E-state index contributed by atoms with van der Waals surface area (Å²) in [6.07, 6.45) is 0. The highest BCUT2D eigenvalue weighted by Crippen LogP contribution is 2.31. The van der Waals surface area contributed by atoms with Crippen LogP contribution in [-0.4, -0.2) is 78.5 Å². The number of aromatic nitrogens is 3. The molecule has 0 radical (unpaired) electrons. The van der Waals surface area contributed by atoms with Gasteiger partial charge in [0.1, 0.15) is 5.82 Å². The number of hydrogen-bond acceptors (Lipinski definition) is 8. The van der Waals surface area contributed by atoms with Crippen LogP contribution in [0.1, 0.15) is 38.1 Å². The van der Waals surface area contributed by atoms with Gasteiger partial charge in [0.25, 0.3) is 5.91 Å². The number of nitrogens with one attached hydrogen (secondary N) is 1. The van der Waals surface area contributed by atoms with Crippen LogP contribution in [0.2, 0.25) is 0 Å². The number of carbonyl (C=O) groups is 1. The summed E-state index contributed by atoms with van der Waals surface area (Å²) >= 11 is 0. The Labute approximate surface area is 211 Å². The van der Waals surface area contributed by atoms with E-state index in [9.17, 15) is 4.79 Å². The molecule has 1 N–H and O–H groups in total. The van der Waals surface area contributed by atoms with Gasteiger partial charge in [-0.3, -0.25) is 4.79 Å². The quantitative estimate of drug-likeness (QED) is 0.583. The minimum absolute atomic E-state index is 0.0682. The van der Waals surface area contributed by atoms with Gasteiger partial charge in [-0.05, 0) is 52.0 Å². The maximum atomic E-state index is 12.6. The van der Waals surface area contributed by atoms with Gasteiger partial charge >= 0.3 is 0 Å². The highest BCUT2D eigenvalue weighted by atomic mass is 16.5. The highest BCUT2D eigenvalue weighted by Gasteiger charge is 2.27. The molecule has 4 heterocycles. The lowest BCUT2D eigenvalue weighted by Crippen LogP contribution is -2.46. The number of pyridine rings is 1. The number of amides is 1. The maximum absolute atomic E-state index is 12.6. The molecule has 0 aliphatic carbocycles. The number of benzene rings is 1. The van der Waals surface area contributed by atoms with Gasteiger partial charge < -0.3 is 24.6 Å². The van der Waals surface area contributed by atoms with Gasteiger partial charge in [-0.1, -0.05) is 12.1 Å². The van der Waals surface area contributed by atoms with Crippen LogP contribution in [0.5, 0.6) is 0 Å². The Balaban J connectivity index is 1.59. The molecule has 0 spiro atoms. The number of hydrogen-bond donors (Lipinski definition) is 1. The average molecular weight is 491 g/mol. The number of rotatable bonds is 5. The Kier molecular flexibility index (Phi) is 7.02. The van der Waals surface area contributed by atoms with Crippen molar-refractivity contribution in [3.8, 4) is 11.3 Å². The molecule has 1 amide bonds. The Hall–Kier alpha value is -3.30. The SMILES string of the molecule is CC(C)NC(=O)c1cccc(-c2ccc3c(N4CCOC[C@H]4C)nc(N4CCOC[C@H]4C)nc3n2)c1. The fourth-order valence-electron chi connectivity index (χ4n) is 4.72. The van der Waals surface area contributed by atoms with Crippen molar-refractivity contribution >= 4 is 28.7 Å². The van der Waals surface area contributed by atoms with E-state index in [4.69, 9.17) is 24.4 Å². The maximum Gasteiger partial charge on any atom is 0.251 e. The Morgan fingerprint density at radius 2 is 1.69 bits per heavy atom. The Morgan fingerprint density at radius 3 is 2.39 bits per heavy atom. The Bertz CT molecular complexity index is 1250. The summed E-state index contributed by atoms with van der Waals surface area (Å²) in [4.78, 5) is 32.0. The molecule has 2 aliphatic rings. The van der Waals surface area contributed by atoms with E-state index in [0.717, 1.165) is 35.6 Å². The summed E-state index contributed by atoms with van der Waals surface area (Å²) in [6.45, 7) is 12.3. The standard InChI is InChI=1S/C27H34N6O3/c1-17(2)28-26(34)21-7-5-6-20(14-21)23-9-8-22-24(29-23)30-27(33-11-13-36-16-19(33)4)31-25(22)32-10-12-35-15-18(32)3/h5-9,14,17-19H,10-13,15-16H2,1-4H3,(H,28,34)/t18-,19-/m1/s1. The van der Waals surface area contributed by atoms with E-state index in [-0.39, 0.29) is 24.0 Å². The fourth-order valence-corrected chi connectivity index (χ4v) is 4.72. The molecule has 190 valence electrons. The van der Waals surface area contributed by atoms with Crippen LogP contribution in [0.4, 0.5) is 11.8 Å². The largest absolute Gasteiger partial charge is 0.377 e. The number of anilines is 2. The highest BCUT2D eigenvalue weighted by molar-refractivity contribution is 5.96. The monoisotopic (exact) mass is 490 g/mol. The minimum Gasteiger partial charge on any atom is -0.377 e. The summed E-state index contributed by atoms with van der Waals surface area (Å²) in [7, 11) is 0. The second-order valence-electron chi connectivity index (χ2n) is 9.86. The van der Waals surface area contributed by atoms with Crippen LogP contribution < -0.4 is 15.1 Å². The first kappa shape index (κ1) is 24.4. The van der Waals surface area contributed by atoms with Crippen molar-refractivity contribution in [1.29, 1.82) is 0 Å². The smallest absolute Gasteiger partial charge is 0.251 e. The third-order valence-electron chi connectivity index (χ3n) is 6.63. The number of fused-ring (bicyclic) bond motifs is 1. The lowest BCUT2D eigenvalue weighted by Gasteiger charge is -2.37. The summed E-state index contributed by atoms with van der Waals surface area (Å²) in [6, 6.07) is 12.0. The van der Waals surface area contributed by atoms with E-state index in [0.29, 0.717) is 43.6 Å². The average Bonchev–Trinajstić information content (AvgIpc) is 2.88. The van der Waals surface area contributed by atoms with E-state index in [1.54, 1.807) is 0 Å². The zero-order chi connectivity index (χ0) is 25.2. The topological polar surface area (TPSA) is 92.7 Å². The molecule has 2 aromatic heterocycles. The number of nitrogens with zero attached hydrogens (tertiary/aromatic N) is 5. The van der Waals surface area contributed by atoms with Crippen molar-refractivity contribution in [2.24, 2.45) is 0 Å². The van der Waals surface area contributed by atoms with E-state index >= 15 is 0 Å². The van der Waals surface area contributed by atoms with Gasteiger partial charge in [-0.15, -0.1) is 0 Å². The van der Waals surface area contributed by atoms with Crippen LogP contribution in [0.3, 0.4) is 0 Å². The molecule has 36 heavy (non-hydrogen) atoms. The molecule has 5 rings (SSSR count). The van der Waals surface area contributed by atoms with Crippen molar-refractivity contribution in [2.45, 2.75) is 45.8 Å². The lowest BCUT2D eigenvalue weighted by molar-refractivity contribution is 0.0943. The van der Waals surface area contributed by atoms with Crippen molar-refractivity contribution in [3.63, 3.8) is 0 Å². The van der Waals surface area contributed by atoms with Crippen LogP contribution in [0.25, 0.3) is 22.3 Å². The molecular weight excluding hydrogens is 456 g/mol. The predicted octanol–water partition coefficient (Wildman–Crippen LogP) is 3.28. The molecule has 0 bridgehead atoms. The molecule has 1 aromatic carbocycles. The van der Waals surface area contributed by atoms with Crippen LogP contribution in [-0.2, 0) is 9.47 Å². The third-order valence-corrected chi connectivity index (χ3v) is 6.63. The first-order chi connectivity index (χ1) is 17.4. The Morgan fingerprint density at radius 1 is 0.972 bits per heavy atom. The molecule has 9 nitrogen and oxygen atoms in total. The molecule has 0 unspecified atom stereocenters. The minimum atomic E-state index is -0.0952. The molecule has 9 heteroatoms. The molecule has 2 fully saturated rings. The van der Waals surface area contributed by atoms with Gasteiger partial charge in [-0.25, -0.2) is 4.98 Å². The third kappa shape index (κ3) is 4.99. The van der Waals surface area contributed by atoms with Gasteiger partial charge in [-0.2, -0.15) is 9.97 Å². The molecule has 2 saturated heterocycles. The van der Waals surface area contributed by atoms with Gasteiger partial charge in [0, 0.05) is 30.3 Å².